The van der Waals surface area contributed by atoms with E-state index in [-0.39, 0.29) is 5.78 Å². The summed E-state index contributed by atoms with van der Waals surface area (Å²) in [6, 6.07) is 17.8. The summed E-state index contributed by atoms with van der Waals surface area (Å²) in [6.45, 7) is 0. The Balaban J connectivity index is 1.79. The Morgan fingerprint density at radius 2 is 1.70 bits per heavy atom. The van der Waals surface area contributed by atoms with Crippen molar-refractivity contribution in [1.29, 1.82) is 0 Å². The van der Waals surface area contributed by atoms with Crippen LogP contribution >= 0.6 is 0 Å². The number of aryl methyl sites for hydroxylation is 2. The summed E-state index contributed by atoms with van der Waals surface area (Å²) in [5.74, 6) is 0.207. The van der Waals surface area contributed by atoms with Crippen molar-refractivity contribution in [3.63, 3.8) is 0 Å². The highest BCUT2D eigenvalue weighted by Crippen LogP contribution is 2.22. The summed E-state index contributed by atoms with van der Waals surface area (Å²) >= 11 is 0. The molecule has 20 heavy (non-hydrogen) atoms. The maximum atomic E-state index is 12.2. The summed E-state index contributed by atoms with van der Waals surface area (Å²) in [5, 5.41) is 1.25. The van der Waals surface area contributed by atoms with E-state index >= 15 is 0 Å². The molecule has 2 aromatic carbocycles. The van der Waals surface area contributed by atoms with E-state index in [0.717, 1.165) is 12.0 Å². The van der Waals surface area contributed by atoms with E-state index in [1.54, 1.807) is 0 Å². The van der Waals surface area contributed by atoms with Crippen LogP contribution in [0.25, 0.3) is 10.9 Å². The standard InChI is InChI=1S/C18H17NO/c1-19-13-15(16-9-5-6-10-17(16)19)11-12-18(20)14-7-3-2-4-8-14/h2-10,13H,11-12H2,1H3. The number of hydrogen-bond acceptors (Lipinski definition) is 1. The molecular weight excluding hydrogens is 246 g/mol. The number of ketones is 1. The maximum absolute atomic E-state index is 12.2. The number of benzene rings is 2. The van der Waals surface area contributed by atoms with Crippen LogP contribution in [0.4, 0.5) is 0 Å². The van der Waals surface area contributed by atoms with E-state index in [1.165, 1.54) is 16.5 Å². The van der Waals surface area contributed by atoms with Crippen molar-refractivity contribution in [1.82, 2.24) is 4.57 Å². The molecule has 3 rings (SSSR count). The number of Topliss-reactive ketones (excluding diaryl/α,β-unsaturated/α-hetero) is 1. The van der Waals surface area contributed by atoms with Gasteiger partial charge in [-0.2, -0.15) is 0 Å². The minimum Gasteiger partial charge on any atom is -0.350 e. The minimum absolute atomic E-state index is 0.207. The second-order valence-corrected chi connectivity index (χ2v) is 5.07. The quantitative estimate of drug-likeness (QED) is 0.652. The van der Waals surface area contributed by atoms with Gasteiger partial charge in [0.25, 0.3) is 0 Å². The fraction of sp³-hybridized carbons (Fsp3) is 0.167. The van der Waals surface area contributed by atoms with Crippen molar-refractivity contribution in [3.05, 3.63) is 71.9 Å². The van der Waals surface area contributed by atoms with Gasteiger partial charge in [-0.1, -0.05) is 48.5 Å². The Morgan fingerprint density at radius 3 is 2.50 bits per heavy atom. The highest BCUT2D eigenvalue weighted by molar-refractivity contribution is 5.96. The van der Waals surface area contributed by atoms with Gasteiger partial charge in [0.15, 0.2) is 5.78 Å². The molecule has 2 nitrogen and oxygen atoms in total. The number of para-hydroxylation sites is 1. The zero-order valence-electron chi connectivity index (χ0n) is 11.5. The molecule has 0 fully saturated rings. The topological polar surface area (TPSA) is 22.0 Å². The first-order valence-corrected chi connectivity index (χ1v) is 6.87. The summed E-state index contributed by atoms with van der Waals surface area (Å²) in [6.07, 6.45) is 3.47. The number of carbonyl (C=O) groups is 1. The third kappa shape index (κ3) is 2.37. The van der Waals surface area contributed by atoms with Crippen molar-refractivity contribution in [2.24, 2.45) is 7.05 Å². The molecule has 100 valence electrons. The Labute approximate surface area is 118 Å². The average Bonchev–Trinajstić information content (AvgIpc) is 2.83. The lowest BCUT2D eigenvalue weighted by Crippen LogP contribution is -2.00. The highest BCUT2D eigenvalue weighted by atomic mass is 16.1. The smallest absolute Gasteiger partial charge is 0.163 e. The number of aromatic nitrogens is 1. The molecule has 0 N–H and O–H groups in total. The zero-order chi connectivity index (χ0) is 13.9. The lowest BCUT2D eigenvalue weighted by molar-refractivity contribution is 0.0983. The average molecular weight is 263 g/mol. The van der Waals surface area contributed by atoms with Crippen molar-refractivity contribution in [2.45, 2.75) is 12.8 Å². The van der Waals surface area contributed by atoms with Crippen LogP contribution in [-0.2, 0) is 13.5 Å². The van der Waals surface area contributed by atoms with Crippen LogP contribution < -0.4 is 0 Å². The molecule has 0 aliphatic heterocycles. The summed E-state index contributed by atoms with van der Waals surface area (Å²) in [7, 11) is 2.05. The molecular formula is C18H17NO. The molecule has 0 saturated carbocycles. The van der Waals surface area contributed by atoms with Crippen LogP contribution in [0.1, 0.15) is 22.3 Å². The van der Waals surface area contributed by atoms with Gasteiger partial charge in [-0.15, -0.1) is 0 Å². The summed E-state index contributed by atoms with van der Waals surface area (Å²) in [5.41, 5.74) is 3.26. The number of rotatable bonds is 4. The molecule has 1 aromatic heterocycles. The van der Waals surface area contributed by atoms with Crippen molar-refractivity contribution < 1.29 is 4.79 Å². The van der Waals surface area contributed by atoms with Gasteiger partial charge in [-0.3, -0.25) is 4.79 Å². The lowest BCUT2D eigenvalue weighted by atomic mass is 10.0. The molecule has 0 aliphatic rings. The largest absolute Gasteiger partial charge is 0.350 e. The maximum Gasteiger partial charge on any atom is 0.163 e. The molecule has 0 saturated heterocycles. The van der Waals surface area contributed by atoms with Gasteiger partial charge in [-0.05, 0) is 18.1 Å². The van der Waals surface area contributed by atoms with Crippen LogP contribution in [0, 0.1) is 0 Å². The van der Waals surface area contributed by atoms with E-state index in [1.807, 2.05) is 49.5 Å². The predicted octanol–water partition coefficient (Wildman–Crippen LogP) is 3.99. The van der Waals surface area contributed by atoms with Crippen LogP contribution in [0.5, 0.6) is 0 Å². The molecule has 1 heterocycles. The van der Waals surface area contributed by atoms with Crippen molar-refractivity contribution in [2.75, 3.05) is 0 Å². The first kappa shape index (κ1) is 12.7. The van der Waals surface area contributed by atoms with Gasteiger partial charge in [0, 0.05) is 36.1 Å². The van der Waals surface area contributed by atoms with Crippen LogP contribution in [0.15, 0.2) is 60.8 Å². The lowest BCUT2D eigenvalue weighted by Gasteiger charge is -2.00. The van der Waals surface area contributed by atoms with Gasteiger partial charge in [0.1, 0.15) is 0 Å². The molecule has 0 bridgehead atoms. The van der Waals surface area contributed by atoms with Gasteiger partial charge >= 0.3 is 0 Å². The molecule has 2 heteroatoms. The minimum atomic E-state index is 0.207. The van der Waals surface area contributed by atoms with Gasteiger partial charge in [0.2, 0.25) is 0 Å². The van der Waals surface area contributed by atoms with E-state index < -0.39 is 0 Å². The molecule has 3 aromatic rings. The fourth-order valence-corrected chi connectivity index (χ4v) is 2.64. The van der Waals surface area contributed by atoms with Crippen LogP contribution in [0.3, 0.4) is 0 Å². The van der Waals surface area contributed by atoms with Crippen molar-refractivity contribution in [3.8, 4) is 0 Å². The Kier molecular flexibility index (Phi) is 3.38. The number of hydrogen-bond donors (Lipinski definition) is 0. The van der Waals surface area contributed by atoms with Crippen molar-refractivity contribution >= 4 is 16.7 Å². The molecule has 0 amide bonds. The molecule has 0 spiro atoms. The Morgan fingerprint density at radius 1 is 1.00 bits per heavy atom. The third-order valence-corrected chi connectivity index (χ3v) is 3.70. The second kappa shape index (κ2) is 5.33. The summed E-state index contributed by atoms with van der Waals surface area (Å²) in [4.78, 5) is 12.2. The first-order chi connectivity index (χ1) is 9.75. The SMILES string of the molecule is Cn1cc(CCC(=O)c2ccccc2)c2ccccc21. The second-order valence-electron chi connectivity index (χ2n) is 5.07. The predicted molar refractivity (Wildman–Crippen MR) is 82.0 cm³/mol. The van der Waals surface area contributed by atoms with Gasteiger partial charge in [0.05, 0.1) is 0 Å². The molecule has 0 radical (unpaired) electrons. The molecule has 0 unspecified atom stereocenters. The molecule has 0 aliphatic carbocycles. The first-order valence-electron chi connectivity index (χ1n) is 6.87. The van der Waals surface area contributed by atoms with Gasteiger partial charge in [-0.25, -0.2) is 0 Å². The number of nitrogens with zero attached hydrogens (tertiary/aromatic N) is 1. The Hall–Kier alpha value is -2.35. The normalized spacial score (nSPS) is 10.8. The zero-order valence-corrected chi connectivity index (χ0v) is 11.5. The van der Waals surface area contributed by atoms with E-state index in [4.69, 9.17) is 0 Å². The van der Waals surface area contributed by atoms with E-state index in [9.17, 15) is 4.79 Å². The monoisotopic (exact) mass is 263 g/mol. The third-order valence-electron chi connectivity index (χ3n) is 3.70. The summed E-state index contributed by atoms with van der Waals surface area (Å²) < 4.78 is 2.12. The van der Waals surface area contributed by atoms with E-state index in [0.29, 0.717) is 6.42 Å². The number of carbonyl (C=O) groups excluding carboxylic acids is 1. The van der Waals surface area contributed by atoms with Crippen LogP contribution in [-0.4, -0.2) is 10.4 Å². The Bertz CT molecular complexity index is 740. The van der Waals surface area contributed by atoms with Gasteiger partial charge < -0.3 is 4.57 Å². The number of fused-ring (bicyclic) bond motifs is 1. The van der Waals surface area contributed by atoms with Crippen LogP contribution in [0.2, 0.25) is 0 Å². The fourth-order valence-electron chi connectivity index (χ4n) is 2.64. The highest BCUT2D eigenvalue weighted by Gasteiger charge is 2.09. The molecule has 0 atom stereocenters. The van der Waals surface area contributed by atoms with E-state index in [2.05, 4.69) is 22.9 Å².